The molecule has 0 amide bonds. The first kappa shape index (κ1) is 8.75. The highest BCUT2D eigenvalue weighted by atomic mass is 15.1. The average Bonchev–Trinajstić information content (AvgIpc) is 2.51. The summed E-state index contributed by atoms with van der Waals surface area (Å²) in [5.74, 6) is 0.668. The topological polar surface area (TPSA) is 31.9 Å². The van der Waals surface area contributed by atoms with Crippen molar-refractivity contribution >= 4 is 0 Å². The molecule has 1 atom stereocenters. The van der Waals surface area contributed by atoms with Crippen LogP contribution >= 0.6 is 0 Å². The molecule has 0 aliphatic carbocycles. The molecule has 0 spiro atoms. The number of nitrogens with one attached hydrogen (secondary N) is 1. The van der Waals surface area contributed by atoms with Gasteiger partial charge in [0.05, 0.1) is 6.20 Å². The Kier molecular flexibility index (Phi) is 2.36. The van der Waals surface area contributed by atoms with Crippen molar-refractivity contribution in [2.45, 2.75) is 25.7 Å². The summed E-state index contributed by atoms with van der Waals surface area (Å²) in [4.78, 5) is 2.40. The Morgan fingerprint density at radius 1 is 1.62 bits per heavy atom. The van der Waals surface area contributed by atoms with E-state index >= 15 is 0 Å². The van der Waals surface area contributed by atoms with Gasteiger partial charge in [0.25, 0.3) is 0 Å². The van der Waals surface area contributed by atoms with Gasteiger partial charge in [0.15, 0.2) is 0 Å². The van der Waals surface area contributed by atoms with Gasteiger partial charge in [-0.2, -0.15) is 5.10 Å². The van der Waals surface area contributed by atoms with Crippen LogP contribution in [0, 0.1) is 6.92 Å². The maximum atomic E-state index is 4.08. The van der Waals surface area contributed by atoms with Crippen LogP contribution in [-0.4, -0.2) is 35.2 Å². The molecule has 1 aromatic heterocycles. The molecule has 0 radical (unpaired) electrons. The molecule has 72 valence electrons. The molecule has 3 nitrogen and oxygen atoms in total. The Hall–Kier alpha value is -0.830. The zero-order valence-corrected chi connectivity index (χ0v) is 8.38. The number of rotatable bonds is 1. The Morgan fingerprint density at radius 2 is 2.46 bits per heavy atom. The monoisotopic (exact) mass is 179 g/mol. The van der Waals surface area contributed by atoms with Gasteiger partial charge in [-0.05, 0) is 38.9 Å². The molecule has 2 rings (SSSR count). The molecule has 0 aromatic carbocycles. The SMILES string of the molecule is Cc1cn[nH]c1[C@@H]1CCCN(C)C1. The van der Waals surface area contributed by atoms with E-state index in [0.29, 0.717) is 5.92 Å². The van der Waals surface area contributed by atoms with E-state index in [1.54, 1.807) is 0 Å². The highest BCUT2D eigenvalue weighted by molar-refractivity contribution is 5.19. The van der Waals surface area contributed by atoms with Crippen LogP contribution in [0.2, 0.25) is 0 Å². The Bertz CT molecular complexity index is 279. The third kappa shape index (κ3) is 1.75. The molecular formula is C10H17N3. The van der Waals surface area contributed by atoms with Crippen LogP contribution < -0.4 is 0 Å². The van der Waals surface area contributed by atoms with Crippen molar-refractivity contribution in [3.8, 4) is 0 Å². The van der Waals surface area contributed by atoms with E-state index in [9.17, 15) is 0 Å². The number of piperidine rings is 1. The van der Waals surface area contributed by atoms with Gasteiger partial charge < -0.3 is 4.90 Å². The summed E-state index contributed by atoms with van der Waals surface area (Å²) in [5.41, 5.74) is 2.65. The quantitative estimate of drug-likeness (QED) is 0.709. The number of aryl methyl sites for hydroxylation is 1. The van der Waals surface area contributed by atoms with Crippen molar-refractivity contribution in [3.63, 3.8) is 0 Å². The number of H-pyrrole nitrogens is 1. The second-order valence-corrected chi connectivity index (χ2v) is 4.07. The van der Waals surface area contributed by atoms with Gasteiger partial charge in [-0.3, -0.25) is 5.10 Å². The summed E-state index contributed by atoms with van der Waals surface area (Å²) in [5, 5.41) is 7.20. The maximum Gasteiger partial charge on any atom is 0.0519 e. The summed E-state index contributed by atoms with van der Waals surface area (Å²) >= 11 is 0. The van der Waals surface area contributed by atoms with Crippen LogP contribution in [0.1, 0.15) is 30.0 Å². The zero-order valence-electron chi connectivity index (χ0n) is 8.38. The number of hydrogen-bond donors (Lipinski definition) is 1. The molecule has 1 aliphatic heterocycles. The minimum atomic E-state index is 0.668. The van der Waals surface area contributed by atoms with Crippen LogP contribution in [0.5, 0.6) is 0 Å². The second kappa shape index (κ2) is 3.50. The van der Waals surface area contributed by atoms with Gasteiger partial charge in [0.1, 0.15) is 0 Å². The van der Waals surface area contributed by atoms with Gasteiger partial charge in [0.2, 0.25) is 0 Å². The number of aromatic amines is 1. The highest BCUT2D eigenvalue weighted by Crippen LogP contribution is 2.26. The number of nitrogens with zero attached hydrogens (tertiary/aromatic N) is 2. The van der Waals surface area contributed by atoms with E-state index in [1.165, 1.54) is 37.2 Å². The molecule has 1 aliphatic rings. The number of hydrogen-bond acceptors (Lipinski definition) is 2. The Balaban J connectivity index is 2.12. The summed E-state index contributed by atoms with van der Waals surface area (Å²) in [6.45, 7) is 4.54. The largest absolute Gasteiger partial charge is 0.306 e. The fourth-order valence-electron chi connectivity index (χ4n) is 2.17. The van der Waals surface area contributed by atoms with E-state index in [-0.39, 0.29) is 0 Å². The van der Waals surface area contributed by atoms with Crippen LogP contribution in [-0.2, 0) is 0 Å². The standard InChI is InChI=1S/C10H17N3/c1-8-6-11-12-10(8)9-4-3-5-13(2)7-9/h6,9H,3-5,7H2,1-2H3,(H,11,12)/t9-/m1/s1. The molecule has 2 heterocycles. The van der Waals surface area contributed by atoms with E-state index in [0.717, 1.165) is 0 Å². The minimum absolute atomic E-state index is 0.668. The molecule has 3 heteroatoms. The second-order valence-electron chi connectivity index (χ2n) is 4.07. The molecular weight excluding hydrogens is 162 g/mol. The lowest BCUT2D eigenvalue weighted by atomic mass is 9.93. The fraction of sp³-hybridized carbons (Fsp3) is 0.700. The average molecular weight is 179 g/mol. The summed E-state index contributed by atoms with van der Waals surface area (Å²) in [7, 11) is 2.19. The van der Waals surface area contributed by atoms with Crippen LogP contribution in [0.15, 0.2) is 6.20 Å². The lowest BCUT2D eigenvalue weighted by Crippen LogP contribution is -2.31. The van der Waals surface area contributed by atoms with Crippen molar-refractivity contribution in [2.24, 2.45) is 0 Å². The first-order chi connectivity index (χ1) is 6.27. The molecule has 1 aromatic rings. The van der Waals surface area contributed by atoms with Crippen LogP contribution in [0.4, 0.5) is 0 Å². The first-order valence-corrected chi connectivity index (χ1v) is 4.96. The predicted octanol–water partition coefficient (Wildman–Crippen LogP) is 1.53. The molecule has 1 saturated heterocycles. The normalized spacial score (nSPS) is 24.9. The van der Waals surface area contributed by atoms with Crippen molar-refractivity contribution in [3.05, 3.63) is 17.5 Å². The predicted molar refractivity (Wildman–Crippen MR) is 52.8 cm³/mol. The fourth-order valence-corrected chi connectivity index (χ4v) is 2.17. The third-order valence-electron chi connectivity index (χ3n) is 2.90. The van der Waals surface area contributed by atoms with E-state index < -0.39 is 0 Å². The summed E-state index contributed by atoms with van der Waals surface area (Å²) in [6, 6.07) is 0. The van der Waals surface area contributed by atoms with E-state index in [4.69, 9.17) is 0 Å². The van der Waals surface area contributed by atoms with Crippen molar-refractivity contribution in [2.75, 3.05) is 20.1 Å². The molecule has 0 unspecified atom stereocenters. The molecule has 0 saturated carbocycles. The smallest absolute Gasteiger partial charge is 0.0519 e. The molecule has 1 fully saturated rings. The third-order valence-corrected chi connectivity index (χ3v) is 2.90. The zero-order chi connectivity index (χ0) is 9.26. The van der Waals surface area contributed by atoms with Crippen molar-refractivity contribution in [1.82, 2.24) is 15.1 Å². The Labute approximate surface area is 79.1 Å². The lowest BCUT2D eigenvalue weighted by molar-refractivity contribution is 0.248. The van der Waals surface area contributed by atoms with Gasteiger partial charge in [-0.15, -0.1) is 0 Å². The number of likely N-dealkylation sites (N-methyl/N-ethyl adjacent to an activating group) is 1. The van der Waals surface area contributed by atoms with Gasteiger partial charge in [-0.1, -0.05) is 0 Å². The summed E-state index contributed by atoms with van der Waals surface area (Å²) in [6.07, 6.45) is 4.52. The maximum absolute atomic E-state index is 4.08. The number of likely N-dealkylation sites (tertiary alicyclic amines) is 1. The van der Waals surface area contributed by atoms with Crippen LogP contribution in [0.3, 0.4) is 0 Å². The Morgan fingerprint density at radius 3 is 3.08 bits per heavy atom. The lowest BCUT2D eigenvalue weighted by Gasteiger charge is -2.29. The van der Waals surface area contributed by atoms with Crippen molar-refractivity contribution in [1.29, 1.82) is 0 Å². The first-order valence-electron chi connectivity index (χ1n) is 4.96. The minimum Gasteiger partial charge on any atom is -0.306 e. The number of aromatic nitrogens is 2. The van der Waals surface area contributed by atoms with Crippen LogP contribution in [0.25, 0.3) is 0 Å². The molecule has 0 bridgehead atoms. The highest BCUT2D eigenvalue weighted by Gasteiger charge is 2.21. The molecule has 13 heavy (non-hydrogen) atoms. The van der Waals surface area contributed by atoms with Gasteiger partial charge in [0, 0.05) is 18.2 Å². The van der Waals surface area contributed by atoms with Gasteiger partial charge in [-0.25, -0.2) is 0 Å². The van der Waals surface area contributed by atoms with E-state index in [1.807, 2.05) is 6.20 Å². The van der Waals surface area contributed by atoms with E-state index in [2.05, 4.69) is 29.1 Å². The summed E-state index contributed by atoms with van der Waals surface area (Å²) < 4.78 is 0. The van der Waals surface area contributed by atoms with Crippen molar-refractivity contribution < 1.29 is 0 Å². The van der Waals surface area contributed by atoms with Gasteiger partial charge >= 0.3 is 0 Å². The molecule has 1 N–H and O–H groups in total.